The quantitative estimate of drug-likeness (QED) is 0.329. The van der Waals surface area contributed by atoms with Crippen LogP contribution in [-0.4, -0.2) is 10.7 Å². The van der Waals surface area contributed by atoms with Crippen molar-refractivity contribution < 1.29 is 22.2 Å². The summed E-state index contributed by atoms with van der Waals surface area (Å²) in [6.45, 7) is 0. The maximum absolute atomic E-state index is 12.8. The van der Waals surface area contributed by atoms with E-state index in [0.29, 0.717) is 0 Å². The van der Waals surface area contributed by atoms with Gasteiger partial charge >= 0.3 is 6.05 Å². The Hall–Kier alpha value is -1.21. The highest BCUT2D eigenvalue weighted by Crippen LogP contribution is 2.33. The summed E-state index contributed by atoms with van der Waals surface area (Å²) in [7, 11) is 0. The van der Waals surface area contributed by atoms with Crippen molar-refractivity contribution >= 4 is 0 Å². The summed E-state index contributed by atoms with van der Waals surface area (Å²) in [5, 5.41) is -1.94. The van der Waals surface area contributed by atoms with Gasteiger partial charge in [0.15, 0.2) is 0 Å². The Bertz CT molecular complexity index is 289. The van der Waals surface area contributed by atoms with Crippen LogP contribution in [0, 0.1) is 0 Å². The van der Waals surface area contributed by atoms with Crippen molar-refractivity contribution in [3.8, 4) is 0 Å². The van der Waals surface area contributed by atoms with Crippen LogP contribution >= 0.6 is 0 Å². The number of hydrogen-bond acceptors (Lipinski definition) is 2. The average Bonchev–Trinajstić information content (AvgIpc) is 2.18. The number of alkyl halides is 2. The van der Waals surface area contributed by atoms with Gasteiger partial charge in [0.1, 0.15) is 5.45 Å². The van der Waals surface area contributed by atoms with E-state index in [1.165, 1.54) is 18.2 Å². The highest BCUT2D eigenvalue weighted by Gasteiger charge is 2.45. The minimum Gasteiger partial charge on any atom is -0.179 e. The normalized spacial score (nSPS) is 12.5. The Morgan fingerprint density at radius 2 is 1.43 bits per heavy atom. The molecule has 0 heterocycles. The second-order valence-corrected chi connectivity index (χ2v) is 2.38. The van der Waals surface area contributed by atoms with Crippen LogP contribution in [0.5, 0.6) is 0 Å². The zero-order valence-electron chi connectivity index (χ0n) is 6.67. The van der Waals surface area contributed by atoms with Gasteiger partial charge in [-0.1, -0.05) is 39.3 Å². The second kappa shape index (κ2) is 3.89. The fraction of sp³-hybridized carbons (Fsp3) is 0.143. The summed E-state index contributed by atoms with van der Waals surface area (Å²) >= 11 is 0. The van der Waals surface area contributed by atoms with Crippen LogP contribution in [0.15, 0.2) is 30.3 Å². The summed E-state index contributed by atoms with van der Waals surface area (Å²) in [6.07, 6.45) is 0. The number of hydrazine groups is 1. The van der Waals surface area contributed by atoms with E-state index in [1.807, 2.05) is 0 Å². The Balaban J connectivity index is 2.96. The molecule has 7 heteroatoms. The Labute approximate surface area is 75.9 Å². The summed E-state index contributed by atoms with van der Waals surface area (Å²) in [5.74, 6) is 0. The molecule has 0 N–H and O–H groups in total. The SMILES string of the molecule is FN(F)N(F)C(F)(F)c1ccccc1. The van der Waals surface area contributed by atoms with Gasteiger partial charge < -0.3 is 0 Å². The third kappa shape index (κ3) is 1.99. The fourth-order valence-electron chi connectivity index (χ4n) is 0.840. The van der Waals surface area contributed by atoms with Gasteiger partial charge in [-0.15, -0.1) is 4.48 Å². The van der Waals surface area contributed by atoms with E-state index in [0.717, 1.165) is 12.1 Å². The van der Waals surface area contributed by atoms with Crippen molar-refractivity contribution in [2.75, 3.05) is 0 Å². The molecule has 0 aliphatic rings. The van der Waals surface area contributed by atoms with Crippen molar-refractivity contribution in [2.24, 2.45) is 0 Å². The van der Waals surface area contributed by atoms with E-state index in [1.54, 1.807) is 0 Å². The molecule has 0 fully saturated rings. The average molecular weight is 212 g/mol. The molecule has 0 atom stereocenters. The summed E-state index contributed by atoms with van der Waals surface area (Å²) in [5.41, 5.74) is -3.17. The van der Waals surface area contributed by atoms with Crippen molar-refractivity contribution in [1.82, 2.24) is 10.7 Å². The number of halogens is 5. The Morgan fingerprint density at radius 3 is 1.86 bits per heavy atom. The van der Waals surface area contributed by atoms with E-state index in [4.69, 9.17) is 0 Å². The number of benzene rings is 1. The van der Waals surface area contributed by atoms with Crippen molar-refractivity contribution in [3.05, 3.63) is 35.9 Å². The fourth-order valence-corrected chi connectivity index (χ4v) is 0.840. The van der Waals surface area contributed by atoms with Crippen LogP contribution in [0.4, 0.5) is 22.2 Å². The molecule has 0 saturated heterocycles. The van der Waals surface area contributed by atoms with Crippen LogP contribution in [0.1, 0.15) is 5.56 Å². The third-order valence-electron chi connectivity index (χ3n) is 1.49. The predicted octanol–water partition coefficient (Wildman–Crippen LogP) is 2.91. The lowest BCUT2D eigenvalue weighted by molar-refractivity contribution is -0.456. The van der Waals surface area contributed by atoms with Gasteiger partial charge in [-0.3, -0.25) is 0 Å². The molecule has 2 nitrogen and oxygen atoms in total. The van der Waals surface area contributed by atoms with Gasteiger partial charge in [-0.2, -0.15) is 8.78 Å². The molecule has 1 aromatic rings. The Kier molecular flexibility index (Phi) is 3.02. The number of nitrogens with zero attached hydrogens (tertiary/aromatic N) is 2. The molecule has 0 aliphatic carbocycles. The molecule has 0 aromatic heterocycles. The van der Waals surface area contributed by atoms with Gasteiger partial charge in [0.25, 0.3) is 0 Å². The topological polar surface area (TPSA) is 6.48 Å². The molecule has 1 aromatic carbocycles. The molecular weight excluding hydrogens is 207 g/mol. The smallest absolute Gasteiger partial charge is 0.179 e. The first-order valence-corrected chi connectivity index (χ1v) is 3.47. The first kappa shape index (κ1) is 10.9. The van der Waals surface area contributed by atoms with E-state index in [-0.39, 0.29) is 0 Å². The minimum atomic E-state index is -4.38. The molecule has 1 rings (SSSR count). The highest BCUT2D eigenvalue weighted by molar-refractivity contribution is 5.18. The number of hydrogen-bond donors (Lipinski definition) is 0. The van der Waals surface area contributed by atoms with Crippen LogP contribution < -0.4 is 0 Å². The van der Waals surface area contributed by atoms with E-state index >= 15 is 0 Å². The maximum Gasteiger partial charge on any atom is 0.374 e. The molecule has 0 aliphatic heterocycles. The molecule has 0 amide bonds. The van der Waals surface area contributed by atoms with Crippen LogP contribution in [0.2, 0.25) is 0 Å². The van der Waals surface area contributed by atoms with Gasteiger partial charge in [-0.05, 0) is 0 Å². The highest BCUT2D eigenvalue weighted by atomic mass is 19.4. The molecule has 0 saturated carbocycles. The van der Waals surface area contributed by atoms with Crippen molar-refractivity contribution in [1.29, 1.82) is 0 Å². The van der Waals surface area contributed by atoms with Crippen LogP contribution in [0.3, 0.4) is 0 Å². The van der Waals surface area contributed by atoms with E-state index < -0.39 is 22.3 Å². The number of rotatable bonds is 3. The summed E-state index contributed by atoms with van der Waals surface area (Å²) < 4.78 is 60.9. The van der Waals surface area contributed by atoms with E-state index in [2.05, 4.69) is 0 Å². The molecular formula is C7H5F5N2. The third-order valence-corrected chi connectivity index (χ3v) is 1.49. The molecule has 0 unspecified atom stereocenters. The van der Waals surface area contributed by atoms with Crippen LogP contribution in [-0.2, 0) is 6.05 Å². The monoisotopic (exact) mass is 212 g/mol. The van der Waals surface area contributed by atoms with Gasteiger partial charge in [-0.25, -0.2) is 0 Å². The molecule has 78 valence electrons. The lowest BCUT2D eigenvalue weighted by Gasteiger charge is -2.21. The van der Waals surface area contributed by atoms with Gasteiger partial charge in [0.05, 0.1) is 5.23 Å². The first-order valence-electron chi connectivity index (χ1n) is 3.47. The second-order valence-electron chi connectivity index (χ2n) is 2.38. The van der Waals surface area contributed by atoms with Crippen LogP contribution in [0.25, 0.3) is 0 Å². The summed E-state index contributed by atoms with van der Waals surface area (Å²) in [6, 6.07) is 1.09. The molecule has 0 spiro atoms. The minimum absolute atomic E-state index is 0.843. The standard InChI is InChI=1S/C7H5F5N2/c8-7(9,13(10)14(11)12)6-4-2-1-3-5-6/h1-5H. The maximum atomic E-state index is 12.8. The first-order chi connectivity index (χ1) is 6.46. The molecule has 0 radical (unpaired) electrons. The summed E-state index contributed by atoms with van der Waals surface area (Å²) in [4.78, 5) is 0. The molecule has 14 heavy (non-hydrogen) atoms. The molecule has 0 bridgehead atoms. The van der Waals surface area contributed by atoms with Crippen molar-refractivity contribution in [2.45, 2.75) is 6.05 Å². The predicted molar refractivity (Wildman–Crippen MR) is 37.3 cm³/mol. The van der Waals surface area contributed by atoms with Gasteiger partial charge in [0.2, 0.25) is 0 Å². The van der Waals surface area contributed by atoms with Gasteiger partial charge in [0, 0.05) is 5.56 Å². The lowest BCUT2D eigenvalue weighted by Crippen LogP contribution is -2.38. The largest absolute Gasteiger partial charge is 0.374 e. The zero-order chi connectivity index (χ0) is 10.8. The van der Waals surface area contributed by atoms with E-state index in [9.17, 15) is 22.2 Å². The van der Waals surface area contributed by atoms with Crippen molar-refractivity contribution in [3.63, 3.8) is 0 Å². The Morgan fingerprint density at radius 1 is 0.929 bits per heavy atom. The lowest BCUT2D eigenvalue weighted by atomic mass is 10.2. The zero-order valence-corrected chi connectivity index (χ0v) is 6.67.